The van der Waals surface area contributed by atoms with Crippen molar-refractivity contribution in [3.05, 3.63) is 93.7 Å². The quantitative estimate of drug-likeness (QED) is 0.241. The van der Waals surface area contributed by atoms with Gasteiger partial charge in [0.05, 0.1) is 23.4 Å². The minimum absolute atomic E-state index is 0.164. The number of carbonyl (C=O) groups excluding carboxylic acids is 1. The molecule has 8 nitrogen and oxygen atoms in total. The molecule has 1 heterocycles. The Morgan fingerprint density at radius 3 is 2.59 bits per heavy atom. The lowest BCUT2D eigenvalue weighted by atomic mass is 10.1. The molecule has 34 heavy (non-hydrogen) atoms. The van der Waals surface area contributed by atoms with Gasteiger partial charge in [-0.3, -0.25) is 4.79 Å². The number of aromatic carboxylic acids is 1. The van der Waals surface area contributed by atoms with Gasteiger partial charge < -0.3 is 19.0 Å². The van der Waals surface area contributed by atoms with E-state index in [0.717, 1.165) is 10.9 Å². The molecule has 0 bridgehead atoms. The molecule has 1 aromatic heterocycles. The highest BCUT2D eigenvalue weighted by Gasteiger charge is 2.13. The predicted molar refractivity (Wildman–Crippen MR) is 130 cm³/mol. The van der Waals surface area contributed by atoms with E-state index in [9.17, 15) is 9.59 Å². The van der Waals surface area contributed by atoms with E-state index in [2.05, 4.69) is 26.5 Å². The standard InChI is InChI=1S/C25H19BrN2O6/c1-32-21-11-16(13-27-28-24(29)22-12-18-4-2-3-5-20(18)34-22)10-19(26)23(21)33-14-15-6-8-17(9-7-15)25(30)31/h2-13H,14H2,1H3,(H,28,29)(H,30,31)/b27-13+. The van der Waals surface area contributed by atoms with Gasteiger partial charge in [-0.05, 0) is 63.5 Å². The zero-order valence-corrected chi connectivity index (χ0v) is 19.5. The van der Waals surface area contributed by atoms with Gasteiger partial charge in [0.15, 0.2) is 17.3 Å². The largest absolute Gasteiger partial charge is 0.493 e. The van der Waals surface area contributed by atoms with Crippen LogP contribution in [0, 0.1) is 0 Å². The smallest absolute Gasteiger partial charge is 0.335 e. The first-order chi connectivity index (χ1) is 16.4. The molecule has 4 rings (SSSR count). The van der Waals surface area contributed by atoms with E-state index in [0.29, 0.717) is 27.1 Å². The van der Waals surface area contributed by atoms with Crippen LogP contribution in [0.4, 0.5) is 0 Å². The Morgan fingerprint density at radius 2 is 1.88 bits per heavy atom. The number of hydrogen-bond acceptors (Lipinski definition) is 6. The van der Waals surface area contributed by atoms with E-state index in [4.69, 9.17) is 19.0 Å². The molecule has 172 valence electrons. The second-order valence-electron chi connectivity index (χ2n) is 7.17. The predicted octanol–water partition coefficient (Wildman–Crippen LogP) is 5.25. The summed E-state index contributed by atoms with van der Waals surface area (Å²) in [6, 6.07) is 18.9. The molecule has 0 saturated heterocycles. The van der Waals surface area contributed by atoms with Gasteiger partial charge in [0.1, 0.15) is 12.2 Å². The van der Waals surface area contributed by atoms with Crippen molar-refractivity contribution in [3.8, 4) is 11.5 Å². The number of ether oxygens (including phenoxy) is 2. The molecule has 0 spiro atoms. The molecule has 0 aliphatic heterocycles. The Morgan fingerprint density at radius 1 is 1.12 bits per heavy atom. The maximum absolute atomic E-state index is 12.3. The number of halogens is 1. The van der Waals surface area contributed by atoms with E-state index >= 15 is 0 Å². The van der Waals surface area contributed by atoms with Gasteiger partial charge >= 0.3 is 11.9 Å². The van der Waals surface area contributed by atoms with Crippen LogP contribution in [0.2, 0.25) is 0 Å². The maximum atomic E-state index is 12.3. The lowest BCUT2D eigenvalue weighted by Gasteiger charge is -2.13. The monoisotopic (exact) mass is 522 g/mol. The van der Waals surface area contributed by atoms with E-state index < -0.39 is 11.9 Å². The molecule has 1 amide bonds. The topological polar surface area (TPSA) is 110 Å². The summed E-state index contributed by atoms with van der Waals surface area (Å²) in [6.45, 7) is 0.218. The van der Waals surface area contributed by atoms with Gasteiger partial charge in [0, 0.05) is 5.39 Å². The maximum Gasteiger partial charge on any atom is 0.335 e. The number of benzene rings is 3. The second kappa shape index (κ2) is 10.2. The fourth-order valence-corrected chi connectivity index (χ4v) is 3.74. The molecule has 0 aliphatic rings. The van der Waals surface area contributed by atoms with Crippen molar-refractivity contribution < 1.29 is 28.6 Å². The summed E-state index contributed by atoms with van der Waals surface area (Å²) in [4.78, 5) is 23.3. The normalized spacial score (nSPS) is 11.0. The van der Waals surface area contributed by atoms with Crippen LogP contribution in [0.5, 0.6) is 11.5 Å². The number of carbonyl (C=O) groups is 2. The van der Waals surface area contributed by atoms with Gasteiger partial charge in [-0.15, -0.1) is 0 Å². The number of hydrogen-bond donors (Lipinski definition) is 2. The molecule has 4 aromatic rings. The van der Waals surface area contributed by atoms with Crippen LogP contribution < -0.4 is 14.9 Å². The molecule has 9 heteroatoms. The third-order valence-corrected chi connectivity index (χ3v) is 5.45. The summed E-state index contributed by atoms with van der Waals surface area (Å²) >= 11 is 3.47. The first kappa shape index (κ1) is 23.1. The van der Waals surface area contributed by atoms with Gasteiger partial charge in [-0.1, -0.05) is 30.3 Å². The van der Waals surface area contributed by atoms with Crippen LogP contribution in [-0.2, 0) is 6.61 Å². The van der Waals surface area contributed by atoms with E-state index in [1.54, 1.807) is 36.4 Å². The number of para-hydroxylation sites is 1. The minimum atomic E-state index is -0.983. The van der Waals surface area contributed by atoms with Gasteiger partial charge in [-0.25, -0.2) is 10.2 Å². The van der Waals surface area contributed by atoms with Crippen molar-refractivity contribution in [3.63, 3.8) is 0 Å². The summed E-state index contributed by atoms with van der Waals surface area (Å²) in [5, 5.41) is 13.8. The molecule has 0 atom stereocenters. The molecule has 0 fully saturated rings. The number of carboxylic acids is 1. The van der Waals surface area contributed by atoms with Crippen molar-refractivity contribution in [2.45, 2.75) is 6.61 Å². The third kappa shape index (κ3) is 5.26. The number of rotatable bonds is 8. The first-order valence-corrected chi connectivity index (χ1v) is 10.9. The number of nitrogens with zero attached hydrogens (tertiary/aromatic N) is 1. The third-order valence-electron chi connectivity index (χ3n) is 4.86. The molecule has 0 aliphatic carbocycles. The Labute approximate surface area is 202 Å². The van der Waals surface area contributed by atoms with Crippen molar-refractivity contribution in [1.29, 1.82) is 0 Å². The highest BCUT2D eigenvalue weighted by molar-refractivity contribution is 9.10. The van der Waals surface area contributed by atoms with Gasteiger partial charge in [0.2, 0.25) is 0 Å². The summed E-state index contributed by atoms with van der Waals surface area (Å²) in [5.41, 5.74) is 4.74. The molecule has 3 aromatic carbocycles. The summed E-state index contributed by atoms with van der Waals surface area (Å²) < 4.78 is 17.5. The fraction of sp³-hybridized carbons (Fsp3) is 0.0800. The highest BCUT2D eigenvalue weighted by Crippen LogP contribution is 2.37. The van der Waals surface area contributed by atoms with Crippen molar-refractivity contribution in [2.24, 2.45) is 5.10 Å². The molecule has 0 saturated carbocycles. The lowest BCUT2D eigenvalue weighted by molar-refractivity contribution is 0.0696. The van der Waals surface area contributed by atoms with Crippen molar-refractivity contribution in [2.75, 3.05) is 7.11 Å². The number of amides is 1. The van der Waals surface area contributed by atoms with Crippen LogP contribution in [0.1, 0.15) is 32.0 Å². The number of furan rings is 1. The van der Waals surface area contributed by atoms with E-state index in [1.807, 2.05) is 18.2 Å². The number of hydrazone groups is 1. The summed E-state index contributed by atoms with van der Waals surface area (Å²) in [6.07, 6.45) is 1.47. The lowest BCUT2D eigenvalue weighted by Crippen LogP contribution is -2.16. The SMILES string of the molecule is COc1cc(/C=N/NC(=O)c2cc3ccccc3o2)cc(Br)c1OCc1ccc(C(=O)O)cc1. The number of nitrogens with one attached hydrogen (secondary N) is 1. The molecule has 2 N–H and O–H groups in total. The fourth-order valence-electron chi connectivity index (χ4n) is 3.17. The minimum Gasteiger partial charge on any atom is -0.493 e. The van der Waals surface area contributed by atoms with E-state index in [1.165, 1.54) is 25.5 Å². The number of carboxylic acid groups (broad SMARTS) is 1. The Balaban J connectivity index is 1.42. The summed E-state index contributed by atoms with van der Waals surface area (Å²) in [7, 11) is 1.51. The van der Waals surface area contributed by atoms with Crippen LogP contribution in [-0.4, -0.2) is 30.3 Å². The Bertz CT molecular complexity index is 1350. The first-order valence-electron chi connectivity index (χ1n) is 10.1. The molecule has 0 unspecified atom stereocenters. The highest BCUT2D eigenvalue weighted by atomic mass is 79.9. The van der Waals surface area contributed by atoms with Crippen molar-refractivity contribution in [1.82, 2.24) is 5.43 Å². The molecular weight excluding hydrogens is 504 g/mol. The van der Waals surface area contributed by atoms with Crippen LogP contribution in [0.15, 0.2) is 80.7 Å². The zero-order valence-electron chi connectivity index (χ0n) is 17.9. The van der Waals surface area contributed by atoms with Gasteiger partial charge in [-0.2, -0.15) is 5.10 Å². The number of methoxy groups -OCH3 is 1. The average molecular weight is 523 g/mol. The average Bonchev–Trinajstić information content (AvgIpc) is 3.28. The van der Waals surface area contributed by atoms with Gasteiger partial charge in [0.25, 0.3) is 0 Å². The van der Waals surface area contributed by atoms with E-state index in [-0.39, 0.29) is 17.9 Å². The Kier molecular flexibility index (Phi) is 6.93. The van der Waals surface area contributed by atoms with Crippen LogP contribution >= 0.6 is 15.9 Å². The molecular formula is C25H19BrN2O6. The number of fused-ring (bicyclic) bond motifs is 1. The summed E-state index contributed by atoms with van der Waals surface area (Å²) in [5.74, 6) is -0.345. The zero-order chi connectivity index (χ0) is 24.1. The van der Waals surface area contributed by atoms with Crippen molar-refractivity contribution >= 4 is 45.0 Å². The van der Waals surface area contributed by atoms with Crippen LogP contribution in [0.25, 0.3) is 11.0 Å². The van der Waals surface area contributed by atoms with Crippen LogP contribution in [0.3, 0.4) is 0 Å². The Hall–Kier alpha value is -4.11. The second-order valence-corrected chi connectivity index (χ2v) is 8.03. The molecule has 0 radical (unpaired) electrons.